The predicted molar refractivity (Wildman–Crippen MR) is 55.8 cm³/mol. The average molecular weight is 207 g/mol. The van der Waals surface area contributed by atoms with Gasteiger partial charge in [-0.1, -0.05) is 12.1 Å². The number of nitrogens with one attached hydrogen (secondary N) is 1. The van der Waals surface area contributed by atoms with Crippen LogP contribution in [-0.4, -0.2) is 12.5 Å². The Kier molecular flexibility index (Phi) is 2.99. The van der Waals surface area contributed by atoms with Gasteiger partial charge in [0.2, 0.25) is 5.91 Å². The lowest BCUT2D eigenvalue weighted by atomic mass is 9.91. The van der Waals surface area contributed by atoms with E-state index in [9.17, 15) is 9.18 Å². The Balaban J connectivity index is 2.04. The first kappa shape index (κ1) is 10.1. The minimum Gasteiger partial charge on any atom is -0.356 e. The normalized spacial score (nSPS) is 21.1. The molecular weight excluding hydrogens is 193 g/mol. The highest BCUT2D eigenvalue weighted by Gasteiger charge is 2.21. The van der Waals surface area contributed by atoms with Crippen LogP contribution < -0.4 is 5.32 Å². The van der Waals surface area contributed by atoms with Crippen molar-refractivity contribution in [1.82, 2.24) is 5.32 Å². The van der Waals surface area contributed by atoms with Crippen LogP contribution in [0.3, 0.4) is 0 Å². The maximum Gasteiger partial charge on any atom is 0.223 e. The van der Waals surface area contributed by atoms with Gasteiger partial charge in [0.15, 0.2) is 0 Å². The minimum atomic E-state index is -0.233. The van der Waals surface area contributed by atoms with Crippen molar-refractivity contribution in [2.75, 3.05) is 6.54 Å². The Hall–Kier alpha value is -1.38. The summed E-state index contributed by atoms with van der Waals surface area (Å²) in [6.45, 7) is 0.776. The second-order valence-corrected chi connectivity index (χ2v) is 3.96. The van der Waals surface area contributed by atoms with Crippen molar-refractivity contribution in [2.45, 2.75) is 19.3 Å². The molecule has 0 bridgehead atoms. The second kappa shape index (κ2) is 4.43. The molecule has 0 saturated carbocycles. The summed E-state index contributed by atoms with van der Waals surface area (Å²) in [5.41, 5.74) is 0.900. The van der Waals surface area contributed by atoms with Crippen molar-refractivity contribution < 1.29 is 9.18 Å². The van der Waals surface area contributed by atoms with Gasteiger partial charge >= 0.3 is 0 Å². The smallest absolute Gasteiger partial charge is 0.223 e. The molecule has 1 N–H and O–H groups in total. The van der Waals surface area contributed by atoms with Crippen LogP contribution in [0.25, 0.3) is 0 Å². The molecule has 1 heterocycles. The molecule has 2 nitrogen and oxygen atoms in total. The fourth-order valence-electron chi connectivity index (χ4n) is 1.98. The van der Waals surface area contributed by atoms with Crippen LogP contribution in [0.5, 0.6) is 0 Å². The van der Waals surface area contributed by atoms with Gasteiger partial charge in [0, 0.05) is 12.5 Å². The molecule has 1 saturated heterocycles. The summed E-state index contributed by atoms with van der Waals surface area (Å²) in [7, 11) is 0. The summed E-state index contributed by atoms with van der Waals surface area (Å²) in [5.74, 6) is -0.116. The van der Waals surface area contributed by atoms with E-state index < -0.39 is 0 Å². The highest BCUT2D eigenvalue weighted by Crippen LogP contribution is 2.17. The Bertz CT molecular complexity index is 364. The van der Waals surface area contributed by atoms with Crippen molar-refractivity contribution in [1.29, 1.82) is 0 Å². The third-order valence-corrected chi connectivity index (χ3v) is 2.77. The molecule has 1 aliphatic heterocycles. The van der Waals surface area contributed by atoms with E-state index in [4.69, 9.17) is 0 Å². The predicted octanol–water partition coefficient (Wildman–Crippen LogP) is 1.89. The van der Waals surface area contributed by atoms with Crippen LogP contribution in [0.2, 0.25) is 0 Å². The second-order valence-electron chi connectivity index (χ2n) is 3.96. The van der Waals surface area contributed by atoms with E-state index in [1.54, 1.807) is 6.07 Å². The number of carbonyl (C=O) groups excluding carboxylic acids is 1. The Morgan fingerprint density at radius 2 is 2.33 bits per heavy atom. The molecule has 0 aromatic heterocycles. The lowest BCUT2D eigenvalue weighted by molar-refractivity contribution is -0.126. The average Bonchev–Trinajstić information content (AvgIpc) is 2.22. The van der Waals surface area contributed by atoms with Gasteiger partial charge in [0.1, 0.15) is 5.82 Å². The SMILES string of the molecule is O=C1NCCCC1Cc1cccc(F)c1. The first-order valence-electron chi connectivity index (χ1n) is 5.28. The molecule has 80 valence electrons. The van der Waals surface area contributed by atoms with E-state index in [1.165, 1.54) is 12.1 Å². The topological polar surface area (TPSA) is 29.1 Å². The lowest BCUT2D eigenvalue weighted by Crippen LogP contribution is -2.37. The lowest BCUT2D eigenvalue weighted by Gasteiger charge is -2.21. The molecule has 2 rings (SSSR count). The first-order valence-corrected chi connectivity index (χ1v) is 5.28. The van der Waals surface area contributed by atoms with E-state index in [0.717, 1.165) is 24.9 Å². The van der Waals surface area contributed by atoms with Crippen molar-refractivity contribution in [3.63, 3.8) is 0 Å². The molecule has 1 aliphatic rings. The van der Waals surface area contributed by atoms with Crippen LogP contribution in [0, 0.1) is 11.7 Å². The van der Waals surface area contributed by atoms with Gasteiger partial charge in [-0.3, -0.25) is 4.79 Å². The minimum absolute atomic E-state index is 0.0144. The summed E-state index contributed by atoms with van der Waals surface area (Å²) in [5, 5.41) is 2.83. The standard InChI is InChI=1S/C12H14FNO/c13-11-5-1-3-9(8-11)7-10-4-2-6-14-12(10)15/h1,3,5,8,10H,2,4,6-7H2,(H,14,15). The summed E-state index contributed by atoms with van der Waals surface area (Å²) >= 11 is 0. The fraction of sp³-hybridized carbons (Fsp3) is 0.417. The molecule has 0 spiro atoms. The van der Waals surface area contributed by atoms with Gasteiger partial charge in [-0.05, 0) is 37.0 Å². The Morgan fingerprint density at radius 1 is 1.47 bits per heavy atom. The maximum absolute atomic E-state index is 12.9. The Labute approximate surface area is 88.5 Å². The zero-order valence-corrected chi connectivity index (χ0v) is 8.50. The van der Waals surface area contributed by atoms with Crippen molar-refractivity contribution >= 4 is 5.91 Å². The van der Waals surface area contributed by atoms with Gasteiger partial charge in [-0.15, -0.1) is 0 Å². The number of rotatable bonds is 2. The highest BCUT2D eigenvalue weighted by atomic mass is 19.1. The van der Waals surface area contributed by atoms with E-state index >= 15 is 0 Å². The van der Waals surface area contributed by atoms with Gasteiger partial charge in [0.25, 0.3) is 0 Å². The van der Waals surface area contributed by atoms with Gasteiger partial charge in [-0.25, -0.2) is 4.39 Å². The Morgan fingerprint density at radius 3 is 3.07 bits per heavy atom. The van der Waals surface area contributed by atoms with E-state index in [1.807, 2.05) is 6.07 Å². The van der Waals surface area contributed by atoms with E-state index in [2.05, 4.69) is 5.32 Å². The largest absolute Gasteiger partial charge is 0.356 e. The number of halogens is 1. The number of hydrogen-bond donors (Lipinski definition) is 1. The molecule has 1 unspecified atom stereocenters. The highest BCUT2D eigenvalue weighted by molar-refractivity contribution is 5.79. The van der Waals surface area contributed by atoms with Crippen LogP contribution in [0.1, 0.15) is 18.4 Å². The van der Waals surface area contributed by atoms with E-state index in [-0.39, 0.29) is 17.6 Å². The fourth-order valence-corrected chi connectivity index (χ4v) is 1.98. The molecule has 3 heteroatoms. The van der Waals surface area contributed by atoms with Crippen LogP contribution in [0.4, 0.5) is 4.39 Å². The van der Waals surface area contributed by atoms with E-state index in [0.29, 0.717) is 6.42 Å². The zero-order chi connectivity index (χ0) is 10.7. The molecule has 1 aromatic rings. The van der Waals surface area contributed by atoms with Crippen LogP contribution in [0.15, 0.2) is 24.3 Å². The van der Waals surface area contributed by atoms with Crippen molar-refractivity contribution in [3.8, 4) is 0 Å². The third-order valence-electron chi connectivity index (χ3n) is 2.77. The molecule has 1 amide bonds. The summed E-state index contributed by atoms with van der Waals surface area (Å²) < 4.78 is 12.9. The van der Waals surface area contributed by atoms with Gasteiger partial charge < -0.3 is 5.32 Å². The molecule has 1 atom stereocenters. The monoisotopic (exact) mass is 207 g/mol. The van der Waals surface area contributed by atoms with Gasteiger partial charge in [-0.2, -0.15) is 0 Å². The van der Waals surface area contributed by atoms with Crippen molar-refractivity contribution in [3.05, 3.63) is 35.6 Å². The molecular formula is C12H14FNO. The number of amides is 1. The number of benzene rings is 1. The van der Waals surface area contributed by atoms with Crippen LogP contribution >= 0.6 is 0 Å². The number of piperidine rings is 1. The quantitative estimate of drug-likeness (QED) is 0.788. The summed E-state index contributed by atoms with van der Waals surface area (Å²) in [6.07, 6.45) is 2.57. The number of carbonyl (C=O) groups is 1. The molecule has 1 aromatic carbocycles. The van der Waals surface area contributed by atoms with Gasteiger partial charge in [0.05, 0.1) is 0 Å². The third kappa shape index (κ3) is 2.55. The molecule has 0 aliphatic carbocycles. The first-order chi connectivity index (χ1) is 7.25. The zero-order valence-electron chi connectivity index (χ0n) is 8.50. The number of hydrogen-bond acceptors (Lipinski definition) is 1. The molecule has 15 heavy (non-hydrogen) atoms. The molecule has 0 radical (unpaired) electrons. The summed E-state index contributed by atoms with van der Waals surface area (Å²) in [4.78, 5) is 11.5. The van der Waals surface area contributed by atoms with Crippen molar-refractivity contribution in [2.24, 2.45) is 5.92 Å². The summed E-state index contributed by atoms with van der Waals surface area (Å²) in [6, 6.07) is 6.47. The van der Waals surface area contributed by atoms with Crippen LogP contribution in [-0.2, 0) is 11.2 Å². The maximum atomic E-state index is 12.9. The molecule has 1 fully saturated rings.